The summed E-state index contributed by atoms with van der Waals surface area (Å²) in [6.45, 7) is 2.52. The zero-order valence-electron chi connectivity index (χ0n) is 15.4. The van der Waals surface area contributed by atoms with Gasteiger partial charge in [0, 0.05) is 17.7 Å². The molecule has 2 aliphatic heterocycles. The molecule has 2 aliphatic rings. The van der Waals surface area contributed by atoms with Crippen molar-refractivity contribution < 1.29 is 14.4 Å². The van der Waals surface area contributed by atoms with Crippen molar-refractivity contribution in [2.45, 2.75) is 19.8 Å². The molecule has 3 heterocycles. The van der Waals surface area contributed by atoms with Crippen molar-refractivity contribution in [1.29, 1.82) is 0 Å². The summed E-state index contributed by atoms with van der Waals surface area (Å²) in [4.78, 5) is 37.8. The van der Waals surface area contributed by atoms with Crippen molar-refractivity contribution in [3.8, 4) is 11.3 Å². The largest absolute Gasteiger partial charge is 0.357 e. The molecule has 0 fully saturated rings. The normalized spacial score (nSPS) is 16.1. The summed E-state index contributed by atoms with van der Waals surface area (Å²) in [5, 5.41) is 13.3. The van der Waals surface area contributed by atoms with Crippen LogP contribution in [0.5, 0.6) is 0 Å². The molecule has 0 radical (unpaired) electrons. The lowest BCUT2D eigenvalue weighted by Gasteiger charge is -2.27. The van der Waals surface area contributed by atoms with Gasteiger partial charge in [-0.1, -0.05) is 24.3 Å². The molecule has 0 saturated carbocycles. The Bertz CT molecular complexity index is 997. The molecule has 142 valence electrons. The van der Waals surface area contributed by atoms with Crippen LogP contribution in [0.2, 0.25) is 0 Å². The van der Waals surface area contributed by atoms with E-state index in [1.807, 2.05) is 31.2 Å². The van der Waals surface area contributed by atoms with E-state index >= 15 is 0 Å². The summed E-state index contributed by atoms with van der Waals surface area (Å²) >= 11 is 0. The average molecular weight is 377 g/mol. The number of aromatic nitrogens is 2. The van der Waals surface area contributed by atoms with Gasteiger partial charge in [0.2, 0.25) is 5.91 Å². The molecule has 0 aliphatic carbocycles. The third kappa shape index (κ3) is 3.36. The number of hydrogen-bond acceptors (Lipinski definition) is 6. The second-order valence-electron chi connectivity index (χ2n) is 6.80. The summed E-state index contributed by atoms with van der Waals surface area (Å²) in [6.07, 6.45) is 1.27. The summed E-state index contributed by atoms with van der Waals surface area (Å²) in [5.74, 6) is -0.781. The van der Waals surface area contributed by atoms with E-state index in [4.69, 9.17) is 0 Å². The number of nitrogens with one attached hydrogen (secondary N) is 2. The first-order valence-electron chi connectivity index (χ1n) is 9.06. The van der Waals surface area contributed by atoms with Gasteiger partial charge in [-0.2, -0.15) is 0 Å². The Morgan fingerprint density at radius 1 is 1.14 bits per heavy atom. The molecule has 0 unspecified atom stereocenters. The molecule has 8 heteroatoms. The van der Waals surface area contributed by atoms with E-state index in [-0.39, 0.29) is 18.4 Å². The molecule has 0 saturated heterocycles. The first kappa shape index (κ1) is 17.8. The van der Waals surface area contributed by atoms with E-state index in [1.54, 1.807) is 17.0 Å². The van der Waals surface area contributed by atoms with E-state index in [1.165, 1.54) is 0 Å². The molecule has 8 nitrogen and oxygen atoms in total. The van der Waals surface area contributed by atoms with Gasteiger partial charge in [-0.25, -0.2) is 0 Å². The highest BCUT2D eigenvalue weighted by molar-refractivity contribution is 6.19. The van der Waals surface area contributed by atoms with Crippen molar-refractivity contribution in [3.05, 3.63) is 53.2 Å². The van der Waals surface area contributed by atoms with Gasteiger partial charge in [0.15, 0.2) is 5.82 Å². The summed E-state index contributed by atoms with van der Waals surface area (Å²) in [6, 6.07) is 11.4. The van der Waals surface area contributed by atoms with Gasteiger partial charge < -0.3 is 10.2 Å². The minimum Gasteiger partial charge on any atom is -0.357 e. The van der Waals surface area contributed by atoms with Gasteiger partial charge in [-0.15, -0.1) is 10.2 Å². The monoisotopic (exact) mass is 377 g/mol. The van der Waals surface area contributed by atoms with Gasteiger partial charge in [0.1, 0.15) is 5.70 Å². The highest BCUT2D eigenvalue weighted by Gasteiger charge is 2.36. The smallest absolute Gasteiger partial charge is 0.274 e. The Hall–Kier alpha value is -3.55. The molecule has 1 aromatic carbocycles. The maximum Gasteiger partial charge on any atom is 0.274 e. The van der Waals surface area contributed by atoms with Crippen LogP contribution in [0.1, 0.15) is 18.4 Å². The fourth-order valence-corrected chi connectivity index (χ4v) is 3.52. The van der Waals surface area contributed by atoms with Crippen LogP contribution in [0, 0.1) is 6.92 Å². The van der Waals surface area contributed by atoms with Crippen molar-refractivity contribution in [2.24, 2.45) is 0 Å². The summed E-state index contributed by atoms with van der Waals surface area (Å²) < 4.78 is 0. The van der Waals surface area contributed by atoms with Crippen LogP contribution in [0.15, 0.2) is 47.7 Å². The lowest BCUT2D eigenvalue weighted by molar-refractivity contribution is -0.124. The van der Waals surface area contributed by atoms with Crippen LogP contribution in [0.4, 0.5) is 5.82 Å². The van der Waals surface area contributed by atoms with Crippen LogP contribution in [0.25, 0.3) is 11.3 Å². The Morgan fingerprint density at radius 3 is 2.71 bits per heavy atom. The predicted molar refractivity (Wildman–Crippen MR) is 102 cm³/mol. The van der Waals surface area contributed by atoms with Gasteiger partial charge in [0.05, 0.1) is 12.2 Å². The highest BCUT2D eigenvalue weighted by Crippen LogP contribution is 2.26. The van der Waals surface area contributed by atoms with Crippen LogP contribution in [0.3, 0.4) is 0 Å². The number of anilines is 1. The highest BCUT2D eigenvalue weighted by atomic mass is 16.2. The first-order chi connectivity index (χ1) is 13.5. The van der Waals surface area contributed by atoms with Crippen LogP contribution >= 0.6 is 0 Å². The first-order valence-corrected chi connectivity index (χ1v) is 9.06. The minimum absolute atomic E-state index is 0.0270. The SMILES string of the molecule is Cc1ccccc1-c1ccc(NC(=O)CN2CCCC3=C2C(=O)NC3=O)nn1. The number of carbonyl (C=O) groups excluding carboxylic acids is 3. The molecule has 1 aromatic heterocycles. The maximum absolute atomic E-state index is 12.4. The van der Waals surface area contributed by atoms with Gasteiger partial charge >= 0.3 is 0 Å². The van der Waals surface area contributed by atoms with E-state index < -0.39 is 5.91 Å². The standard InChI is InChI=1S/C20H19N5O3/c1-12-5-2-3-6-13(12)15-8-9-16(24-23-15)21-17(26)11-25-10-4-7-14-18(25)20(28)22-19(14)27/h2-3,5-6,8-9H,4,7,10-11H2,1H3,(H,21,24,26)(H,22,27,28). The van der Waals surface area contributed by atoms with E-state index in [0.29, 0.717) is 30.1 Å². The predicted octanol–water partition coefficient (Wildman–Crippen LogP) is 1.40. The number of aryl methyl sites for hydroxylation is 1. The Kier molecular flexibility index (Phi) is 4.60. The Labute approximate surface area is 161 Å². The van der Waals surface area contributed by atoms with Crippen LogP contribution in [-0.2, 0) is 14.4 Å². The molecular weight excluding hydrogens is 358 g/mol. The number of nitrogens with zero attached hydrogens (tertiary/aromatic N) is 3. The zero-order valence-corrected chi connectivity index (χ0v) is 15.4. The van der Waals surface area contributed by atoms with Crippen LogP contribution < -0.4 is 10.6 Å². The molecular formula is C20H19N5O3. The van der Waals surface area contributed by atoms with Gasteiger partial charge in [0.25, 0.3) is 11.8 Å². The lowest BCUT2D eigenvalue weighted by Crippen LogP contribution is -2.38. The van der Waals surface area contributed by atoms with E-state index in [9.17, 15) is 14.4 Å². The number of imide groups is 1. The molecule has 2 aromatic rings. The second kappa shape index (κ2) is 7.22. The number of benzene rings is 1. The molecule has 3 amide bonds. The van der Waals surface area contributed by atoms with Gasteiger partial charge in [-0.05, 0) is 37.5 Å². The number of carbonyl (C=O) groups is 3. The third-order valence-electron chi connectivity index (χ3n) is 4.86. The number of rotatable bonds is 4. The Balaban J connectivity index is 1.44. The quantitative estimate of drug-likeness (QED) is 0.781. The molecule has 0 spiro atoms. The van der Waals surface area contributed by atoms with E-state index in [0.717, 1.165) is 23.2 Å². The van der Waals surface area contributed by atoms with Crippen molar-refractivity contribution in [1.82, 2.24) is 20.4 Å². The number of amides is 3. The van der Waals surface area contributed by atoms with Gasteiger partial charge in [-0.3, -0.25) is 19.7 Å². The third-order valence-corrected chi connectivity index (χ3v) is 4.86. The van der Waals surface area contributed by atoms with Crippen molar-refractivity contribution in [3.63, 3.8) is 0 Å². The van der Waals surface area contributed by atoms with Crippen LogP contribution in [-0.4, -0.2) is 45.9 Å². The molecule has 2 N–H and O–H groups in total. The minimum atomic E-state index is -0.435. The molecule has 4 rings (SSSR count). The van der Waals surface area contributed by atoms with Crippen molar-refractivity contribution >= 4 is 23.5 Å². The van der Waals surface area contributed by atoms with Crippen molar-refractivity contribution in [2.75, 3.05) is 18.4 Å². The lowest BCUT2D eigenvalue weighted by atomic mass is 10.0. The Morgan fingerprint density at radius 2 is 1.96 bits per heavy atom. The summed E-state index contributed by atoms with van der Waals surface area (Å²) in [5.41, 5.74) is 3.58. The molecule has 0 bridgehead atoms. The fraction of sp³-hybridized carbons (Fsp3) is 0.250. The number of hydrogen-bond donors (Lipinski definition) is 2. The summed E-state index contributed by atoms with van der Waals surface area (Å²) in [7, 11) is 0. The topological polar surface area (TPSA) is 104 Å². The van der Waals surface area contributed by atoms with E-state index in [2.05, 4.69) is 20.8 Å². The maximum atomic E-state index is 12.4. The average Bonchev–Trinajstić information content (AvgIpc) is 2.98. The molecule has 0 atom stereocenters. The zero-order chi connectivity index (χ0) is 19.7. The fourth-order valence-electron chi connectivity index (χ4n) is 3.52. The second-order valence-corrected chi connectivity index (χ2v) is 6.80. The molecule has 28 heavy (non-hydrogen) atoms.